The maximum absolute atomic E-state index is 11.3. The summed E-state index contributed by atoms with van der Waals surface area (Å²) in [6, 6.07) is 5.71. The summed E-state index contributed by atoms with van der Waals surface area (Å²) in [7, 11) is 1.31. The van der Waals surface area contributed by atoms with Gasteiger partial charge >= 0.3 is 12.1 Å². The molecular formula is C14H17NO4. The number of alkyl carbamates (subject to hydrolysis) is 1. The molecule has 1 aromatic carbocycles. The molecule has 2 rings (SSSR count). The lowest BCUT2D eigenvalue weighted by Gasteiger charge is -2.20. The van der Waals surface area contributed by atoms with Gasteiger partial charge < -0.3 is 14.8 Å². The highest BCUT2D eigenvalue weighted by atomic mass is 16.6. The first-order valence-corrected chi connectivity index (χ1v) is 6.12. The van der Waals surface area contributed by atoms with Crippen molar-refractivity contribution in [2.45, 2.75) is 32.4 Å². The van der Waals surface area contributed by atoms with Crippen LogP contribution in [0.25, 0.3) is 0 Å². The highest BCUT2D eigenvalue weighted by Gasteiger charge is 2.36. The minimum Gasteiger partial charge on any atom is -0.455 e. The Balaban J connectivity index is 2.27. The van der Waals surface area contributed by atoms with Crippen molar-refractivity contribution in [1.29, 1.82) is 0 Å². The normalized spacial score (nSPS) is 20.6. The lowest BCUT2D eigenvalue weighted by Crippen LogP contribution is -2.39. The zero-order chi connectivity index (χ0) is 14.0. The van der Waals surface area contributed by atoms with E-state index in [2.05, 4.69) is 10.1 Å². The van der Waals surface area contributed by atoms with E-state index in [0.29, 0.717) is 6.42 Å². The van der Waals surface area contributed by atoms with E-state index in [9.17, 15) is 9.59 Å². The summed E-state index contributed by atoms with van der Waals surface area (Å²) in [6.07, 6.45) is -0.346. The van der Waals surface area contributed by atoms with Gasteiger partial charge in [0, 0.05) is 6.92 Å². The minimum atomic E-state index is -0.522. The monoisotopic (exact) mass is 263 g/mol. The molecule has 5 heteroatoms. The number of aryl methyl sites for hydroxylation is 1. The Hall–Kier alpha value is -2.04. The third kappa shape index (κ3) is 2.86. The van der Waals surface area contributed by atoms with Crippen molar-refractivity contribution in [3.63, 3.8) is 0 Å². The molecule has 1 N–H and O–H groups in total. The average molecular weight is 263 g/mol. The molecule has 1 amide bonds. The Morgan fingerprint density at radius 3 is 2.74 bits per heavy atom. The average Bonchev–Trinajstić information content (AvgIpc) is 2.66. The van der Waals surface area contributed by atoms with Gasteiger partial charge in [0.1, 0.15) is 6.10 Å². The topological polar surface area (TPSA) is 64.6 Å². The number of fused-ring (bicyclic) bond motifs is 1. The number of carbonyl (C=O) groups is 2. The summed E-state index contributed by atoms with van der Waals surface area (Å²) in [5.41, 5.74) is 3.13. The van der Waals surface area contributed by atoms with E-state index in [1.165, 1.54) is 14.0 Å². The van der Waals surface area contributed by atoms with Crippen molar-refractivity contribution in [3.8, 4) is 0 Å². The molecule has 5 nitrogen and oxygen atoms in total. The third-order valence-electron chi connectivity index (χ3n) is 3.19. The van der Waals surface area contributed by atoms with E-state index < -0.39 is 12.2 Å². The number of hydrogen-bond donors (Lipinski definition) is 1. The molecule has 0 saturated heterocycles. The standard InChI is InChI=1S/C14H17NO4/c1-8-4-5-10-7-12(15-14(17)18-3)13(11(10)6-8)19-9(2)16/h4-6,12-13H,7H2,1-3H3,(H,15,17). The molecule has 1 aromatic rings. The first-order valence-electron chi connectivity index (χ1n) is 6.12. The molecule has 0 radical (unpaired) electrons. The number of benzene rings is 1. The van der Waals surface area contributed by atoms with E-state index in [4.69, 9.17) is 4.74 Å². The lowest BCUT2D eigenvalue weighted by molar-refractivity contribution is -0.147. The van der Waals surface area contributed by atoms with Crippen LogP contribution < -0.4 is 5.32 Å². The van der Waals surface area contributed by atoms with Crippen LogP contribution in [0.1, 0.15) is 29.7 Å². The highest BCUT2D eigenvalue weighted by Crippen LogP contribution is 2.35. The fraction of sp³-hybridized carbons (Fsp3) is 0.429. The molecule has 19 heavy (non-hydrogen) atoms. The van der Waals surface area contributed by atoms with Gasteiger partial charge in [-0.15, -0.1) is 0 Å². The molecule has 2 atom stereocenters. The van der Waals surface area contributed by atoms with Crippen molar-refractivity contribution in [3.05, 3.63) is 34.9 Å². The molecular weight excluding hydrogens is 246 g/mol. The van der Waals surface area contributed by atoms with Crippen molar-refractivity contribution >= 4 is 12.1 Å². The van der Waals surface area contributed by atoms with E-state index in [1.807, 2.05) is 25.1 Å². The Morgan fingerprint density at radius 2 is 2.11 bits per heavy atom. The summed E-state index contributed by atoms with van der Waals surface area (Å²) < 4.78 is 9.94. The first-order chi connectivity index (χ1) is 9.01. The second-order valence-electron chi connectivity index (χ2n) is 4.68. The van der Waals surface area contributed by atoms with Gasteiger partial charge in [-0.3, -0.25) is 4.79 Å². The van der Waals surface area contributed by atoms with Crippen LogP contribution in [0.2, 0.25) is 0 Å². The Kier molecular flexibility index (Phi) is 3.74. The molecule has 0 fully saturated rings. The van der Waals surface area contributed by atoms with Crippen LogP contribution in [-0.4, -0.2) is 25.2 Å². The number of nitrogens with one attached hydrogen (secondary N) is 1. The molecule has 1 aliphatic rings. The molecule has 102 valence electrons. The van der Waals surface area contributed by atoms with Gasteiger partial charge in [-0.25, -0.2) is 4.79 Å². The number of amides is 1. The SMILES string of the molecule is COC(=O)NC1Cc2ccc(C)cc2C1OC(C)=O. The Bertz CT molecular complexity index is 512. The maximum atomic E-state index is 11.3. The van der Waals surface area contributed by atoms with Crippen LogP contribution in [0.5, 0.6) is 0 Å². The van der Waals surface area contributed by atoms with Crippen molar-refractivity contribution in [2.75, 3.05) is 7.11 Å². The van der Waals surface area contributed by atoms with Gasteiger partial charge in [0.2, 0.25) is 0 Å². The number of methoxy groups -OCH3 is 1. The molecule has 2 unspecified atom stereocenters. The van der Waals surface area contributed by atoms with Gasteiger partial charge in [-0.1, -0.05) is 23.8 Å². The molecule has 0 aliphatic heterocycles. The zero-order valence-corrected chi connectivity index (χ0v) is 11.2. The highest BCUT2D eigenvalue weighted by molar-refractivity contribution is 5.69. The number of hydrogen-bond acceptors (Lipinski definition) is 4. The summed E-state index contributed by atoms with van der Waals surface area (Å²) in [6.45, 7) is 3.34. The van der Waals surface area contributed by atoms with Gasteiger partial charge in [-0.2, -0.15) is 0 Å². The second kappa shape index (κ2) is 5.30. The summed E-state index contributed by atoms with van der Waals surface area (Å²) in [4.78, 5) is 22.6. The quantitative estimate of drug-likeness (QED) is 0.827. The maximum Gasteiger partial charge on any atom is 0.407 e. The van der Waals surface area contributed by atoms with Gasteiger partial charge in [-0.05, 0) is 24.5 Å². The van der Waals surface area contributed by atoms with Crippen LogP contribution in [0.3, 0.4) is 0 Å². The molecule has 0 heterocycles. The third-order valence-corrected chi connectivity index (χ3v) is 3.19. The summed E-state index contributed by atoms with van der Waals surface area (Å²) >= 11 is 0. The summed E-state index contributed by atoms with van der Waals surface area (Å²) in [5, 5.41) is 2.71. The fourth-order valence-corrected chi connectivity index (χ4v) is 2.39. The van der Waals surface area contributed by atoms with Gasteiger partial charge in [0.25, 0.3) is 0 Å². The fourth-order valence-electron chi connectivity index (χ4n) is 2.39. The molecule has 0 bridgehead atoms. The zero-order valence-electron chi connectivity index (χ0n) is 11.2. The molecule has 0 spiro atoms. The Morgan fingerprint density at radius 1 is 1.37 bits per heavy atom. The van der Waals surface area contributed by atoms with Crippen LogP contribution in [0.15, 0.2) is 18.2 Å². The van der Waals surface area contributed by atoms with E-state index in [0.717, 1.165) is 16.7 Å². The van der Waals surface area contributed by atoms with E-state index in [1.54, 1.807) is 0 Å². The Labute approximate surface area is 111 Å². The molecule has 1 aliphatic carbocycles. The molecule has 0 aromatic heterocycles. The predicted molar refractivity (Wildman–Crippen MR) is 68.7 cm³/mol. The van der Waals surface area contributed by atoms with Crippen molar-refractivity contribution < 1.29 is 19.1 Å². The predicted octanol–water partition coefficient (Wildman–Crippen LogP) is 1.88. The largest absolute Gasteiger partial charge is 0.455 e. The van der Waals surface area contributed by atoms with E-state index in [-0.39, 0.29) is 12.0 Å². The smallest absolute Gasteiger partial charge is 0.407 e. The molecule has 0 saturated carbocycles. The van der Waals surface area contributed by atoms with Crippen molar-refractivity contribution in [2.24, 2.45) is 0 Å². The van der Waals surface area contributed by atoms with Crippen molar-refractivity contribution in [1.82, 2.24) is 5.32 Å². The minimum absolute atomic E-state index is 0.284. The van der Waals surface area contributed by atoms with Crippen LogP contribution >= 0.6 is 0 Å². The second-order valence-corrected chi connectivity index (χ2v) is 4.68. The van der Waals surface area contributed by atoms with Gasteiger partial charge in [0.15, 0.2) is 0 Å². The number of esters is 1. The van der Waals surface area contributed by atoms with E-state index >= 15 is 0 Å². The summed E-state index contributed by atoms with van der Waals surface area (Å²) in [5.74, 6) is -0.365. The number of carbonyl (C=O) groups excluding carboxylic acids is 2. The number of rotatable bonds is 2. The van der Waals surface area contributed by atoms with Crippen LogP contribution in [0, 0.1) is 6.92 Å². The first kappa shape index (κ1) is 13.4. The van der Waals surface area contributed by atoms with Crippen LogP contribution in [-0.2, 0) is 20.7 Å². The van der Waals surface area contributed by atoms with Crippen LogP contribution in [0.4, 0.5) is 4.79 Å². The lowest BCUT2D eigenvalue weighted by atomic mass is 10.1. The van der Waals surface area contributed by atoms with Gasteiger partial charge in [0.05, 0.1) is 13.2 Å². The number of ether oxygens (including phenoxy) is 2.